The van der Waals surface area contributed by atoms with Gasteiger partial charge in [-0.3, -0.25) is 0 Å². The van der Waals surface area contributed by atoms with Crippen molar-refractivity contribution >= 4 is 0 Å². The third-order valence-electron chi connectivity index (χ3n) is 4.76. The van der Waals surface area contributed by atoms with Crippen LogP contribution in [0.4, 0.5) is 0 Å². The maximum absolute atomic E-state index is 3.69. The minimum atomic E-state index is 0.224. The summed E-state index contributed by atoms with van der Waals surface area (Å²) in [6.07, 6.45) is 2.64. The first kappa shape index (κ1) is 17.0. The Labute approximate surface area is 121 Å². The SMILES string of the molecule is CCC(C)(CNC(C)(C)C)CN1CCC(C(C)C)C1. The number of nitrogens with zero attached hydrogens (tertiary/aromatic N) is 1. The molecule has 1 heterocycles. The fraction of sp³-hybridized carbons (Fsp3) is 1.00. The topological polar surface area (TPSA) is 15.3 Å². The van der Waals surface area contributed by atoms with Crippen LogP contribution in [0.2, 0.25) is 0 Å². The third-order valence-corrected chi connectivity index (χ3v) is 4.76. The van der Waals surface area contributed by atoms with Gasteiger partial charge in [-0.05, 0) is 57.4 Å². The lowest BCUT2D eigenvalue weighted by Crippen LogP contribution is -2.47. The van der Waals surface area contributed by atoms with E-state index in [4.69, 9.17) is 0 Å². The summed E-state index contributed by atoms with van der Waals surface area (Å²) in [4.78, 5) is 2.69. The molecule has 2 heteroatoms. The van der Waals surface area contributed by atoms with Crippen LogP contribution in [0.1, 0.15) is 61.3 Å². The first-order chi connectivity index (χ1) is 8.65. The van der Waals surface area contributed by atoms with Gasteiger partial charge in [0.1, 0.15) is 0 Å². The molecule has 0 saturated carbocycles. The van der Waals surface area contributed by atoms with Gasteiger partial charge in [-0.25, -0.2) is 0 Å². The van der Waals surface area contributed by atoms with Gasteiger partial charge in [-0.15, -0.1) is 0 Å². The zero-order valence-corrected chi connectivity index (χ0v) is 14.3. The number of hydrogen-bond donors (Lipinski definition) is 1. The summed E-state index contributed by atoms with van der Waals surface area (Å²) in [5.74, 6) is 1.75. The average Bonchev–Trinajstić information content (AvgIpc) is 2.74. The van der Waals surface area contributed by atoms with Gasteiger partial charge in [0.05, 0.1) is 0 Å². The monoisotopic (exact) mass is 268 g/mol. The van der Waals surface area contributed by atoms with Crippen LogP contribution in [0.5, 0.6) is 0 Å². The zero-order valence-electron chi connectivity index (χ0n) is 14.3. The molecule has 1 saturated heterocycles. The molecule has 0 aliphatic carbocycles. The van der Waals surface area contributed by atoms with Crippen LogP contribution >= 0.6 is 0 Å². The molecule has 2 unspecified atom stereocenters. The summed E-state index contributed by atoms with van der Waals surface area (Å²) in [5.41, 5.74) is 0.626. The minimum Gasteiger partial charge on any atom is -0.311 e. The van der Waals surface area contributed by atoms with Gasteiger partial charge in [0.2, 0.25) is 0 Å². The highest BCUT2D eigenvalue weighted by molar-refractivity contribution is 4.86. The standard InChI is InChI=1S/C17H36N2/c1-8-17(7,12-18-16(4,5)6)13-19-10-9-15(11-19)14(2)3/h14-15,18H,8-13H2,1-7H3. The van der Waals surface area contributed by atoms with E-state index >= 15 is 0 Å². The molecule has 114 valence electrons. The lowest BCUT2D eigenvalue weighted by atomic mass is 9.86. The molecule has 0 radical (unpaired) electrons. The smallest absolute Gasteiger partial charge is 0.00967 e. The van der Waals surface area contributed by atoms with Crippen molar-refractivity contribution in [2.75, 3.05) is 26.2 Å². The predicted octanol–water partition coefficient (Wildman–Crippen LogP) is 3.77. The number of nitrogens with one attached hydrogen (secondary N) is 1. The van der Waals surface area contributed by atoms with E-state index in [9.17, 15) is 0 Å². The Hall–Kier alpha value is -0.0800. The minimum absolute atomic E-state index is 0.224. The van der Waals surface area contributed by atoms with Crippen LogP contribution in [-0.4, -0.2) is 36.6 Å². The maximum atomic E-state index is 3.69. The van der Waals surface area contributed by atoms with Crippen molar-refractivity contribution in [1.29, 1.82) is 0 Å². The van der Waals surface area contributed by atoms with Crippen LogP contribution in [0.25, 0.3) is 0 Å². The summed E-state index contributed by atoms with van der Waals surface area (Å²) in [6.45, 7) is 21.3. The van der Waals surface area contributed by atoms with Crippen molar-refractivity contribution in [2.24, 2.45) is 17.3 Å². The van der Waals surface area contributed by atoms with E-state index in [1.54, 1.807) is 0 Å². The number of rotatable bonds is 6. The van der Waals surface area contributed by atoms with E-state index in [-0.39, 0.29) is 5.54 Å². The molecule has 19 heavy (non-hydrogen) atoms. The summed E-state index contributed by atoms with van der Waals surface area (Å²) in [7, 11) is 0. The van der Waals surface area contributed by atoms with E-state index in [1.165, 1.54) is 32.5 Å². The average molecular weight is 268 g/mol. The van der Waals surface area contributed by atoms with Crippen LogP contribution < -0.4 is 5.32 Å². The Morgan fingerprint density at radius 3 is 2.26 bits per heavy atom. The predicted molar refractivity (Wildman–Crippen MR) is 85.5 cm³/mol. The molecular weight excluding hydrogens is 232 g/mol. The van der Waals surface area contributed by atoms with Crippen molar-refractivity contribution in [3.8, 4) is 0 Å². The molecule has 0 aromatic heterocycles. The molecule has 1 N–H and O–H groups in total. The Morgan fingerprint density at radius 2 is 1.84 bits per heavy atom. The van der Waals surface area contributed by atoms with E-state index < -0.39 is 0 Å². The lowest BCUT2D eigenvalue weighted by Gasteiger charge is -2.36. The lowest BCUT2D eigenvalue weighted by molar-refractivity contribution is 0.161. The van der Waals surface area contributed by atoms with Crippen molar-refractivity contribution in [1.82, 2.24) is 10.2 Å². The van der Waals surface area contributed by atoms with Gasteiger partial charge in [-0.2, -0.15) is 0 Å². The molecule has 1 aliphatic heterocycles. The summed E-state index contributed by atoms with van der Waals surface area (Å²) < 4.78 is 0. The van der Waals surface area contributed by atoms with Crippen molar-refractivity contribution in [3.05, 3.63) is 0 Å². The second-order valence-electron chi connectivity index (χ2n) is 8.30. The first-order valence-electron chi connectivity index (χ1n) is 8.12. The fourth-order valence-electron chi connectivity index (χ4n) is 2.86. The Kier molecular flexibility index (Phi) is 5.88. The molecule has 1 fully saturated rings. The zero-order chi connectivity index (χ0) is 14.7. The van der Waals surface area contributed by atoms with Crippen molar-refractivity contribution in [2.45, 2.75) is 66.8 Å². The van der Waals surface area contributed by atoms with Crippen LogP contribution in [0.3, 0.4) is 0 Å². The second kappa shape index (κ2) is 6.58. The van der Waals surface area contributed by atoms with Gasteiger partial charge in [-0.1, -0.05) is 27.7 Å². The van der Waals surface area contributed by atoms with Crippen molar-refractivity contribution < 1.29 is 0 Å². The number of hydrogen-bond acceptors (Lipinski definition) is 2. The summed E-state index contributed by atoms with van der Waals surface area (Å²) in [5, 5.41) is 3.69. The Balaban J connectivity index is 2.47. The fourth-order valence-corrected chi connectivity index (χ4v) is 2.86. The third kappa shape index (κ3) is 5.83. The van der Waals surface area contributed by atoms with Gasteiger partial charge < -0.3 is 10.2 Å². The molecule has 0 amide bonds. The highest BCUT2D eigenvalue weighted by atomic mass is 15.2. The van der Waals surface area contributed by atoms with E-state index in [1.807, 2.05) is 0 Å². The van der Waals surface area contributed by atoms with Crippen molar-refractivity contribution in [3.63, 3.8) is 0 Å². The highest BCUT2D eigenvalue weighted by Crippen LogP contribution is 2.29. The van der Waals surface area contributed by atoms with Crippen LogP contribution in [0, 0.1) is 17.3 Å². The number of likely N-dealkylation sites (tertiary alicyclic amines) is 1. The molecule has 0 spiro atoms. The maximum Gasteiger partial charge on any atom is 0.00967 e. The van der Waals surface area contributed by atoms with E-state index in [0.29, 0.717) is 5.41 Å². The largest absolute Gasteiger partial charge is 0.311 e. The van der Waals surface area contributed by atoms with Crippen LogP contribution in [-0.2, 0) is 0 Å². The first-order valence-corrected chi connectivity index (χ1v) is 8.12. The van der Waals surface area contributed by atoms with Crippen LogP contribution in [0.15, 0.2) is 0 Å². The quantitative estimate of drug-likeness (QED) is 0.789. The normalized spacial score (nSPS) is 24.9. The van der Waals surface area contributed by atoms with E-state index in [2.05, 4.69) is 58.7 Å². The molecular formula is C17H36N2. The summed E-state index contributed by atoms with van der Waals surface area (Å²) >= 11 is 0. The molecule has 2 nitrogen and oxygen atoms in total. The molecule has 0 aromatic carbocycles. The highest BCUT2D eigenvalue weighted by Gasteiger charge is 2.31. The molecule has 0 aromatic rings. The van der Waals surface area contributed by atoms with Gasteiger partial charge in [0, 0.05) is 25.2 Å². The van der Waals surface area contributed by atoms with Gasteiger partial charge in [0.25, 0.3) is 0 Å². The van der Waals surface area contributed by atoms with E-state index in [0.717, 1.165) is 18.4 Å². The molecule has 1 aliphatic rings. The molecule has 2 atom stereocenters. The van der Waals surface area contributed by atoms with Gasteiger partial charge >= 0.3 is 0 Å². The Bertz CT molecular complexity index is 267. The molecule has 1 rings (SSSR count). The molecule has 0 bridgehead atoms. The second-order valence-corrected chi connectivity index (χ2v) is 8.30. The van der Waals surface area contributed by atoms with Gasteiger partial charge in [0.15, 0.2) is 0 Å². The summed E-state index contributed by atoms with van der Waals surface area (Å²) in [6, 6.07) is 0. The Morgan fingerprint density at radius 1 is 1.21 bits per heavy atom.